The Morgan fingerprint density at radius 2 is 1.89 bits per heavy atom. The van der Waals surface area contributed by atoms with Crippen LogP contribution in [0.4, 0.5) is 0 Å². The van der Waals surface area contributed by atoms with E-state index in [0.717, 1.165) is 15.8 Å². The Kier molecular flexibility index (Phi) is 3.32. The standard InChI is InChI=1S/C15H20BrNO/c1-8-6-10-12(9(2)14(8)16)13(15(3,4)5)11(7-17)18-10/h6H,7,17H2,1-5H3. The largest absolute Gasteiger partial charge is 0.459 e. The van der Waals surface area contributed by atoms with E-state index < -0.39 is 0 Å². The second kappa shape index (κ2) is 4.39. The van der Waals surface area contributed by atoms with Crippen LogP contribution in [-0.4, -0.2) is 0 Å². The Morgan fingerprint density at radius 3 is 2.39 bits per heavy atom. The quantitative estimate of drug-likeness (QED) is 0.838. The maximum Gasteiger partial charge on any atom is 0.135 e. The van der Waals surface area contributed by atoms with Gasteiger partial charge in [0.25, 0.3) is 0 Å². The highest BCUT2D eigenvalue weighted by atomic mass is 79.9. The molecule has 1 aromatic heterocycles. The van der Waals surface area contributed by atoms with Crippen LogP contribution < -0.4 is 5.73 Å². The number of aryl methyl sites for hydroxylation is 2. The summed E-state index contributed by atoms with van der Waals surface area (Å²) in [5, 5.41) is 1.21. The summed E-state index contributed by atoms with van der Waals surface area (Å²) in [5.74, 6) is 0.901. The highest BCUT2D eigenvalue weighted by Gasteiger charge is 2.26. The topological polar surface area (TPSA) is 39.2 Å². The van der Waals surface area contributed by atoms with E-state index in [-0.39, 0.29) is 5.41 Å². The second-order valence-corrected chi connectivity index (χ2v) is 6.65. The summed E-state index contributed by atoms with van der Waals surface area (Å²) in [7, 11) is 0. The fourth-order valence-corrected chi connectivity index (χ4v) is 2.89. The lowest BCUT2D eigenvalue weighted by molar-refractivity contribution is 0.511. The third-order valence-corrected chi connectivity index (χ3v) is 4.56. The maximum absolute atomic E-state index is 5.95. The molecule has 2 aromatic rings. The number of furan rings is 1. The summed E-state index contributed by atoms with van der Waals surface area (Å²) in [6, 6.07) is 2.08. The van der Waals surface area contributed by atoms with Crippen LogP contribution in [0.5, 0.6) is 0 Å². The summed E-state index contributed by atoms with van der Waals surface area (Å²) >= 11 is 3.66. The summed E-state index contributed by atoms with van der Waals surface area (Å²) in [4.78, 5) is 0. The van der Waals surface area contributed by atoms with E-state index in [9.17, 15) is 0 Å². The van der Waals surface area contributed by atoms with Crippen LogP contribution in [0, 0.1) is 13.8 Å². The molecule has 0 aliphatic rings. The summed E-state index contributed by atoms with van der Waals surface area (Å²) < 4.78 is 7.10. The minimum atomic E-state index is 0.0272. The van der Waals surface area contributed by atoms with Crippen molar-refractivity contribution in [3.63, 3.8) is 0 Å². The van der Waals surface area contributed by atoms with E-state index in [4.69, 9.17) is 10.2 Å². The van der Waals surface area contributed by atoms with Gasteiger partial charge in [-0.25, -0.2) is 0 Å². The number of hydrogen-bond acceptors (Lipinski definition) is 2. The monoisotopic (exact) mass is 309 g/mol. The van der Waals surface area contributed by atoms with Gasteiger partial charge in [0.05, 0.1) is 6.54 Å². The number of fused-ring (bicyclic) bond motifs is 1. The van der Waals surface area contributed by atoms with Gasteiger partial charge >= 0.3 is 0 Å². The van der Waals surface area contributed by atoms with Crippen molar-refractivity contribution in [2.75, 3.05) is 0 Å². The lowest BCUT2D eigenvalue weighted by atomic mass is 9.83. The Hall–Kier alpha value is -0.800. The molecule has 0 saturated carbocycles. The highest BCUT2D eigenvalue weighted by molar-refractivity contribution is 9.10. The zero-order chi connectivity index (χ0) is 13.7. The fraction of sp³-hybridized carbons (Fsp3) is 0.467. The first kappa shape index (κ1) is 13.6. The molecular formula is C15H20BrNO. The lowest BCUT2D eigenvalue weighted by Crippen LogP contribution is -2.14. The molecule has 0 aliphatic carbocycles. The number of benzene rings is 1. The number of halogens is 1. The van der Waals surface area contributed by atoms with Crippen LogP contribution in [0.2, 0.25) is 0 Å². The molecule has 0 aliphatic heterocycles. The molecule has 0 saturated heterocycles. The van der Waals surface area contributed by atoms with E-state index in [2.05, 4.69) is 56.6 Å². The van der Waals surface area contributed by atoms with Gasteiger partial charge in [-0.05, 0) is 36.5 Å². The van der Waals surface area contributed by atoms with Gasteiger partial charge in [-0.3, -0.25) is 0 Å². The summed E-state index contributed by atoms with van der Waals surface area (Å²) in [5.41, 5.74) is 10.5. The molecule has 0 bridgehead atoms. The average molecular weight is 310 g/mol. The van der Waals surface area contributed by atoms with Gasteiger partial charge in [0.2, 0.25) is 0 Å². The van der Waals surface area contributed by atoms with E-state index in [1.165, 1.54) is 22.1 Å². The van der Waals surface area contributed by atoms with Gasteiger partial charge in [0.15, 0.2) is 0 Å². The second-order valence-electron chi connectivity index (χ2n) is 5.86. The van der Waals surface area contributed by atoms with Crippen LogP contribution in [0.25, 0.3) is 11.0 Å². The van der Waals surface area contributed by atoms with Crippen molar-refractivity contribution in [2.24, 2.45) is 5.73 Å². The molecule has 0 amide bonds. The first-order valence-electron chi connectivity index (χ1n) is 6.19. The molecule has 3 heteroatoms. The van der Waals surface area contributed by atoms with E-state index >= 15 is 0 Å². The van der Waals surface area contributed by atoms with Crippen molar-refractivity contribution in [1.29, 1.82) is 0 Å². The molecule has 0 radical (unpaired) electrons. The molecule has 18 heavy (non-hydrogen) atoms. The smallest absolute Gasteiger partial charge is 0.135 e. The highest BCUT2D eigenvalue weighted by Crippen LogP contribution is 2.40. The Balaban J connectivity index is 2.95. The van der Waals surface area contributed by atoms with Crippen molar-refractivity contribution in [2.45, 2.75) is 46.6 Å². The van der Waals surface area contributed by atoms with Gasteiger partial charge in [0, 0.05) is 15.4 Å². The zero-order valence-electron chi connectivity index (χ0n) is 11.6. The van der Waals surface area contributed by atoms with Gasteiger partial charge < -0.3 is 10.2 Å². The predicted molar refractivity (Wildman–Crippen MR) is 80.0 cm³/mol. The third-order valence-electron chi connectivity index (χ3n) is 3.34. The van der Waals surface area contributed by atoms with Gasteiger partial charge in [-0.15, -0.1) is 0 Å². The molecule has 0 atom stereocenters. The number of nitrogens with two attached hydrogens (primary N) is 1. The molecular weight excluding hydrogens is 290 g/mol. The van der Waals surface area contributed by atoms with E-state index in [1.54, 1.807) is 0 Å². The van der Waals surface area contributed by atoms with Crippen LogP contribution >= 0.6 is 15.9 Å². The van der Waals surface area contributed by atoms with E-state index in [0.29, 0.717) is 6.54 Å². The normalized spacial score (nSPS) is 12.4. The van der Waals surface area contributed by atoms with Crippen molar-refractivity contribution in [3.05, 3.63) is 33.0 Å². The van der Waals surface area contributed by atoms with Crippen molar-refractivity contribution >= 4 is 26.9 Å². The molecule has 1 aromatic carbocycles. The van der Waals surface area contributed by atoms with Crippen LogP contribution in [0.1, 0.15) is 43.2 Å². The summed E-state index contributed by atoms with van der Waals surface area (Å²) in [6.07, 6.45) is 0. The van der Waals surface area contributed by atoms with Crippen molar-refractivity contribution in [3.8, 4) is 0 Å². The van der Waals surface area contributed by atoms with Gasteiger partial charge in [-0.2, -0.15) is 0 Å². The summed E-state index contributed by atoms with van der Waals surface area (Å²) in [6.45, 7) is 11.2. The molecule has 1 heterocycles. The predicted octanol–water partition coefficient (Wildman–Crippen LogP) is 4.57. The SMILES string of the molecule is Cc1cc2oc(CN)c(C(C)(C)C)c2c(C)c1Br. The third kappa shape index (κ3) is 1.99. The molecule has 2 rings (SSSR count). The molecule has 0 fully saturated rings. The minimum Gasteiger partial charge on any atom is -0.459 e. The number of hydrogen-bond donors (Lipinski definition) is 1. The molecule has 0 unspecified atom stereocenters. The average Bonchev–Trinajstić information content (AvgIpc) is 2.64. The molecule has 98 valence electrons. The van der Waals surface area contributed by atoms with Crippen LogP contribution in [0.3, 0.4) is 0 Å². The Bertz CT molecular complexity index is 605. The van der Waals surface area contributed by atoms with Gasteiger partial charge in [0.1, 0.15) is 11.3 Å². The fourth-order valence-electron chi connectivity index (χ4n) is 2.57. The maximum atomic E-state index is 5.95. The Labute approximate surface area is 117 Å². The van der Waals surface area contributed by atoms with Crippen molar-refractivity contribution in [1.82, 2.24) is 0 Å². The minimum absolute atomic E-state index is 0.0272. The Morgan fingerprint density at radius 1 is 1.28 bits per heavy atom. The first-order chi connectivity index (χ1) is 8.27. The molecule has 2 N–H and O–H groups in total. The molecule has 2 nitrogen and oxygen atoms in total. The first-order valence-corrected chi connectivity index (χ1v) is 6.98. The lowest BCUT2D eigenvalue weighted by Gasteiger charge is -2.20. The van der Waals surface area contributed by atoms with Crippen LogP contribution in [0.15, 0.2) is 15.0 Å². The number of rotatable bonds is 1. The van der Waals surface area contributed by atoms with Crippen molar-refractivity contribution < 1.29 is 4.42 Å². The van der Waals surface area contributed by atoms with Gasteiger partial charge in [-0.1, -0.05) is 36.7 Å². The van der Waals surface area contributed by atoms with Crippen LogP contribution in [-0.2, 0) is 12.0 Å². The van der Waals surface area contributed by atoms with E-state index in [1.807, 2.05) is 0 Å². The zero-order valence-corrected chi connectivity index (χ0v) is 13.2. The molecule has 0 spiro atoms.